The minimum atomic E-state index is -0.249. The summed E-state index contributed by atoms with van der Waals surface area (Å²) in [4.78, 5) is 4.10. The molecule has 2 aromatic heterocycles. The summed E-state index contributed by atoms with van der Waals surface area (Å²) in [6.07, 6.45) is 5.23. The van der Waals surface area contributed by atoms with Gasteiger partial charge >= 0.3 is 0 Å². The van der Waals surface area contributed by atoms with Gasteiger partial charge in [0.05, 0.1) is 17.6 Å². The summed E-state index contributed by atoms with van der Waals surface area (Å²) in [5.41, 5.74) is 4.21. The summed E-state index contributed by atoms with van der Waals surface area (Å²) in [7, 11) is 0. The summed E-state index contributed by atoms with van der Waals surface area (Å²) >= 11 is 0. The molecule has 0 aliphatic heterocycles. The number of aryl methyl sites for hydroxylation is 1. The van der Waals surface area contributed by atoms with E-state index in [1.165, 1.54) is 6.07 Å². The van der Waals surface area contributed by atoms with Crippen molar-refractivity contribution < 1.29 is 4.39 Å². The van der Waals surface area contributed by atoms with Crippen molar-refractivity contribution >= 4 is 5.69 Å². The van der Waals surface area contributed by atoms with Crippen LogP contribution in [0, 0.1) is 12.7 Å². The third kappa shape index (κ3) is 2.76. The first kappa shape index (κ1) is 13.3. The fraction of sp³-hybridized carbons (Fsp3) is 0.125. The number of pyridine rings is 1. The Labute approximate surface area is 122 Å². The first-order valence-corrected chi connectivity index (χ1v) is 6.67. The highest BCUT2D eigenvalue weighted by Gasteiger charge is 2.10. The van der Waals surface area contributed by atoms with Crippen LogP contribution in [0.1, 0.15) is 11.1 Å². The van der Waals surface area contributed by atoms with E-state index in [-0.39, 0.29) is 5.82 Å². The van der Waals surface area contributed by atoms with Crippen molar-refractivity contribution in [2.45, 2.75) is 13.5 Å². The molecule has 3 aromatic rings. The number of rotatable bonds is 4. The Hall–Kier alpha value is -2.69. The van der Waals surface area contributed by atoms with Gasteiger partial charge in [-0.3, -0.25) is 10.1 Å². The second kappa shape index (κ2) is 5.75. The molecule has 106 valence electrons. The normalized spacial score (nSPS) is 10.6. The summed E-state index contributed by atoms with van der Waals surface area (Å²) in [6, 6.07) is 8.86. The zero-order chi connectivity index (χ0) is 14.7. The Morgan fingerprint density at radius 3 is 2.86 bits per heavy atom. The molecule has 2 N–H and O–H groups in total. The van der Waals surface area contributed by atoms with Crippen molar-refractivity contribution in [1.82, 2.24) is 15.2 Å². The molecule has 0 radical (unpaired) electrons. The number of halogens is 1. The van der Waals surface area contributed by atoms with Crippen molar-refractivity contribution in [3.8, 4) is 11.3 Å². The van der Waals surface area contributed by atoms with Gasteiger partial charge in [-0.15, -0.1) is 0 Å². The topological polar surface area (TPSA) is 53.6 Å². The summed E-state index contributed by atoms with van der Waals surface area (Å²) in [5, 5.41) is 10.2. The Bertz CT molecular complexity index is 717. The molecule has 2 heterocycles. The van der Waals surface area contributed by atoms with Crippen molar-refractivity contribution in [1.29, 1.82) is 0 Å². The Kier molecular flexibility index (Phi) is 3.64. The van der Waals surface area contributed by atoms with Gasteiger partial charge in [-0.2, -0.15) is 5.10 Å². The molecule has 0 unspecified atom stereocenters. The smallest absolute Gasteiger partial charge is 0.146 e. The third-order valence-electron chi connectivity index (χ3n) is 3.35. The SMILES string of the molecule is Cc1cccc(F)c1NCc1cn[nH]c1-c1cccnc1. The molecule has 0 fully saturated rings. The molecule has 0 bridgehead atoms. The number of H-pyrrole nitrogens is 1. The fourth-order valence-corrected chi connectivity index (χ4v) is 2.25. The lowest BCUT2D eigenvalue weighted by molar-refractivity contribution is 0.629. The standard InChI is InChI=1S/C16H15FN4/c1-11-4-2-6-14(17)15(11)19-9-13-10-20-21-16(13)12-5-3-7-18-8-12/h2-8,10,19H,9H2,1H3,(H,20,21). The molecule has 0 aliphatic rings. The predicted molar refractivity (Wildman–Crippen MR) is 80.3 cm³/mol. The van der Waals surface area contributed by atoms with Gasteiger partial charge in [0, 0.05) is 30.1 Å². The lowest BCUT2D eigenvalue weighted by Gasteiger charge is -2.10. The number of anilines is 1. The number of aromatic amines is 1. The molecule has 3 rings (SSSR count). The van der Waals surface area contributed by atoms with E-state index in [0.717, 1.165) is 22.4 Å². The number of benzene rings is 1. The van der Waals surface area contributed by atoms with Crippen LogP contribution in [0.3, 0.4) is 0 Å². The first-order chi connectivity index (χ1) is 10.3. The van der Waals surface area contributed by atoms with Crippen LogP contribution in [0.15, 0.2) is 48.9 Å². The van der Waals surface area contributed by atoms with Gasteiger partial charge in [0.25, 0.3) is 0 Å². The highest BCUT2D eigenvalue weighted by molar-refractivity contribution is 5.62. The molecule has 0 saturated heterocycles. The van der Waals surface area contributed by atoms with E-state index in [0.29, 0.717) is 12.2 Å². The van der Waals surface area contributed by atoms with E-state index in [9.17, 15) is 4.39 Å². The van der Waals surface area contributed by atoms with Crippen molar-refractivity contribution in [3.05, 3.63) is 65.9 Å². The first-order valence-electron chi connectivity index (χ1n) is 6.67. The van der Waals surface area contributed by atoms with Gasteiger partial charge < -0.3 is 5.32 Å². The minimum Gasteiger partial charge on any atom is -0.378 e. The molecule has 0 spiro atoms. The van der Waals surface area contributed by atoms with E-state index >= 15 is 0 Å². The largest absolute Gasteiger partial charge is 0.378 e. The molecular weight excluding hydrogens is 267 g/mol. The maximum Gasteiger partial charge on any atom is 0.146 e. The molecule has 0 saturated carbocycles. The zero-order valence-corrected chi connectivity index (χ0v) is 11.6. The van der Waals surface area contributed by atoms with Crippen LogP contribution in [-0.4, -0.2) is 15.2 Å². The van der Waals surface area contributed by atoms with Crippen LogP contribution in [0.5, 0.6) is 0 Å². The van der Waals surface area contributed by atoms with Crippen molar-refractivity contribution in [3.63, 3.8) is 0 Å². The zero-order valence-electron chi connectivity index (χ0n) is 11.6. The van der Waals surface area contributed by atoms with Crippen LogP contribution < -0.4 is 5.32 Å². The van der Waals surface area contributed by atoms with Gasteiger partial charge in [-0.1, -0.05) is 12.1 Å². The van der Waals surface area contributed by atoms with E-state index in [2.05, 4.69) is 20.5 Å². The summed E-state index contributed by atoms with van der Waals surface area (Å²) in [6.45, 7) is 2.37. The maximum absolute atomic E-state index is 13.8. The highest BCUT2D eigenvalue weighted by Crippen LogP contribution is 2.23. The van der Waals surface area contributed by atoms with Crippen LogP contribution in [0.25, 0.3) is 11.3 Å². The Morgan fingerprint density at radius 2 is 2.10 bits per heavy atom. The van der Waals surface area contributed by atoms with E-state index in [1.54, 1.807) is 24.7 Å². The number of aromatic nitrogens is 3. The third-order valence-corrected chi connectivity index (χ3v) is 3.35. The monoisotopic (exact) mass is 282 g/mol. The van der Waals surface area contributed by atoms with Gasteiger partial charge in [0.2, 0.25) is 0 Å². The van der Waals surface area contributed by atoms with Gasteiger partial charge in [0.15, 0.2) is 0 Å². The van der Waals surface area contributed by atoms with Crippen LogP contribution >= 0.6 is 0 Å². The Balaban J connectivity index is 1.83. The molecular formula is C16H15FN4. The molecule has 0 amide bonds. The number of nitrogens with zero attached hydrogens (tertiary/aromatic N) is 2. The van der Waals surface area contributed by atoms with Crippen LogP contribution in [0.2, 0.25) is 0 Å². The Morgan fingerprint density at radius 1 is 1.19 bits per heavy atom. The van der Waals surface area contributed by atoms with Gasteiger partial charge in [-0.05, 0) is 30.7 Å². The fourth-order valence-electron chi connectivity index (χ4n) is 2.25. The summed E-state index contributed by atoms with van der Waals surface area (Å²) in [5.74, 6) is -0.249. The average Bonchev–Trinajstić information content (AvgIpc) is 2.96. The minimum absolute atomic E-state index is 0.249. The predicted octanol–water partition coefficient (Wildman–Crippen LogP) is 3.53. The molecule has 4 nitrogen and oxygen atoms in total. The molecule has 21 heavy (non-hydrogen) atoms. The maximum atomic E-state index is 13.8. The van der Waals surface area contributed by atoms with Crippen molar-refractivity contribution in [2.75, 3.05) is 5.32 Å². The number of para-hydroxylation sites is 1. The molecule has 0 atom stereocenters. The van der Waals surface area contributed by atoms with E-state index in [4.69, 9.17) is 0 Å². The lowest BCUT2D eigenvalue weighted by Crippen LogP contribution is -2.03. The second-order valence-corrected chi connectivity index (χ2v) is 4.80. The summed E-state index contributed by atoms with van der Waals surface area (Å²) < 4.78 is 13.8. The van der Waals surface area contributed by atoms with E-state index in [1.807, 2.05) is 25.1 Å². The number of nitrogens with one attached hydrogen (secondary N) is 2. The molecule has 5 heteroatoms. The molecule has 0 aliphatic carbocycles. The number of hydrogen-bond donors (Lipinski definition) is 2. The number of hydrogen-bond acceptors (Lipinski definition) is 3. The van der Waals surface area contributed by atoms with E-state index < -0.39 is 0 Å². The second-order valence-electron chi connectivity index (χ2n) is 4.80. The van der Waals surface area contributed by atoms with Crippen molar-refractivity contribution in [2.24, 2.45) is 0 Å². The quantitative estimate of drug-likeness (QED) is 0.769. The van der Waals surface area contributed by atoms with Gasteiger partial charge in [0.1, 0.15) is 5.82 Å². The highest BCUT2D eigenvalue weighted by atomic mass is 19.1. The molecule has 1 aromatic carbocycles. The van der Waals surface area contributed by atoms with Crippen LogP contribution in [-0.2, 0) is 6.54 Å². The lowest BCUT2D eigenvalue weighted by atomic mass is 10.1. The van der Waals surface area contributed by atoms with Gasteiger partial charge in [-0.25, -0.2) is 4.39 Å². The van der Waals surface area contributed by atoms with Crippen LogP contribution in [0.4, 0.5) is 10.1 Å². The average molecular weight is 282 g/mol.